The van der Waals surface area contributed by atoms with Crippen molar-refractivity contribution in [3.05, 3.63) is 60.4 Å². The molecule has 0 saturated heterocycles. The van der Waals surface area contributed by atoms with Gasteiger partial charge in [-0.2, -0.15) is 0 Å². The van der Waals surface area contributed by atoms with Crippen LogP contribution < -0.4 is 19.5 Å². The van der Waals surface area contributed by atoms with E-state index in [2.05, 4.69) is 15.0 Å². The number of carbonyl (C=O) groups is 2. The molecular formula is C20H19N3O6S. The van der Waals surface area contributed by atoms with Gasteiger partial charge in [0.1, 0.15) is 0 Å². The molecular weight excluding hydrogens is 410 g/mol. The van der Waals surface area contributed by atoms with E-state index >= 15 is 0 Å². The van der Waals surface area contributed by atoms with Crippen molar-refractivity contribution >= 4 is 32.6 Å². The minimum absolute atomic E-state index is 0.0340. The maximum Gasteiger partial charge on any atom is 0.265 e. The zero-order valence-electron chi connectivity index (χ0n) is 16.2. The molecule has 0 fully saturated rings. The van der Waals surface area contributed by atoms with Crippen LogP contribution in [0.25, 0.3) is 10.8 Å². The summed E-state index contributed by atoms with van der Waals surface area (Å²) in [7, 11) is -1.30. The molecule has 0 aliphatic rings. The van der Waals surface area contributed by atoms with Crippen molar-refractivity contribution in [3.8, 4) is 11.5 Å². The SMILES string of the molecule is CNC(=O)COc1ccc(C(=O)NS(=O)(=O)c2cccc3cnccc23)cc1OC. The molecule has 0 atom stereocenters. The predicted molar refractivity (Wildman–Crippen MR) is 109 cm³/mol. The highest BCUT2D eigenvalue weighted by Gasteiger charge is 2.22. The lowest BCUT2D eigenvalue weighted by Crippen LogP contribution is -2.30. The number of benzene rings is 2. The quantitative estimate of drug-likeness (QED) is 0.583. The second-order valence-electron chi connectivity index (χ2n) is 6.12. The molecule has 2 N–H and O–H groups in total. The molecule has 0 saturated carbocycles. The van der Waals surface area contributed by atoms with Crippen LogP contribution in [0.2, 0.25) is 0 Å². The Labute approximate surface area is 173 Å². The van der Waals surface area contributed by atoms with Gasteiger partial charge >= 0.3 is 0 Å². The Balaban J connectivity index is 1.85. The highest BCUT2D eigenvalue weighted by atomic mass is 32.2. The van der Waals surface area contributed by atoms with Crippen LogP contribution in [-0.2, 0) is 14.8 Å². The van der Waals surface area contributed by atoms with Gasteiger partial charge in [-0.15, -0.1) is 0 Å². The smallest absolute Gasteiger partial charge is 0.265 e. The van der Waals surface area contributed by atoms with Crippen LogP contribution in [0, 0.1) is 0 Å². The molecule has 10 heteroatoms. The van der Waals surface area contributed by atoms with Crippen LogP contribution in [0.15, 0.2) is 59.8 Å². The molecule has 9 nitrogen and oxygen atoms in total. The van der Waals surface area contributed by atoms with Crippen LogP contribution in [0.5, 0.6) is 11.5 Å². The van der Waals surface area contributed by atoms with Gasteiger partial charge in [0.2, 0.25) is 0 Å². The van der Waals surface area contributed by atoms with Crippen molar-refractivity contribution in [1.82, 2.24) is 15.0 Å². The number of pyridine rings is 1. The third-order valence-electron chi connectivity index (χ3n) is 4.22. The Hall–Kier alpha value is -3.66. The van der Waals surface area contributed by atoms with Gasteiger partial charge < -0.3 is 14.8 Å². The van der Waals surface area contributed by atoms with Gasteiger partial charge in [0.15, 0.2) is 18.1 Å². The topological polar surface area (TPSA) is 124 Å². The number of amides is 2. The number of sulfonamides is 1. The van der Waals surface area contributed by atoms with Crippen LogP contribution in [0.3, 0.4) is 0 Å². The Morgan fingerprint density at radius 2 is 1.90 bits per heavy atom. The van der Waals surface area contributed by atoms with Crippen molar-refractivity contribution in [2.24, 2.45) is 0 Å². The van der Waals surface area contributed by atoms with Crippen molar-refractivity contribution in [2.45, 2.75) is 4.90 Å². The summed E-state index contributed by atoms with van der Waals surface area (Å²) in [4.78, 5) is 27.9. The van der Waals surface area contributed by atoms with E-state index in [0.717, 1.165) is 0 Å². The first-order valence-corrected chi connectivity index (χ1v) is 10.3. The molecule has 3 rings (SSSR count). The maximum atomic E-state index is 12.8. The molecule has 2 amide bonds. The number of hydrogen-bond donors (Lipinski definition) is 2. The van der Waals surface area contributed by atoms with Crippen molar-refractivity contribution in [3.63, 3.8) is 0 Å². The van der Waals surface area contributed by atoms with Crippen LogP contribution in [0.4, 0.5) is 0 Å². The number of methoxy groups -OCH3 is 1. The molecule has 1 heterocycles. The first kappa shape index (κ1) is 21.1. The number of ether oxygens (including phenoxy) is 2. The lowest BCUT2D eigenvalue weighted by atomic mass is 10.2. The zero-order valence-corrected chi connectivity index (χ0v) is 17.0. The van der Waals surface area contributed by atoms with Gasteiger partial charge in [-0.25, -0.2) is 13.1 Å². The normalized spacial score (nSPS) is 11.0. The van der Waals surface area contributed by atoms with Gasteiger partial charge in [-0.1, -0.05) is 12.1 Å². The first-order valence-electron chi connectivity index (χ1n) is 8.77. The Morgan fingerprint density at radius 3 is 2.63 bits per heavy atom. The fourth-order valence-electron chi connectivity index (χ4n) is 2.71. The third-order valence-corrected chi connectivity index (χ3v) is 5.61. The number of carbonyl (C=O) groups excluding carboxylic acids is 2. The van der Waals surface area contributed by atoms with Crippen LogP contribution >= 0.6 is 0 Å². The molecule has 1 aromatic heterocycles. The average molecular weight is 429 g/mol. The summed E-state index contributed by atoms with van der Waals surface area (Å²) >= 11 is 0. The molecule has 3 aromatic rings. The summed E-state index contributed by atoms with van der Waals surface area (Å²) in [6, 6.07) is 10.4. The van der Waals surface area contributed by atoms with E-state index in [0.29, 0.717) is 10.8 Å². The standard InChI is InChI=1S/C20H19N3O6S/c1-21-19(24)12-29-16-7-6-13(10-17(16)28-2)20(25)23-30(26,27)18-5-3-4-14-11-22-9-8-15(14)18/h3-11H,12H2,1-2H3,(H,21,24)(H,23,25). The van der Waals surface area contributed by atoms with Gasteiger partial charge in [0.25, 0.3) is 21.8 Å². The molecule has 2 aromatic carbocycles. The number of hydrogen-bond acceptors (Lipinski definition) is 7. The summed E-state index contributed by atoms with van der Waals surface area (Å²) in [5.74, 6) is -0.755. The van der Waals surface area contributed by atoms with E-state index in [1.54, 1.807) is 24.4 Å². The summed E-state index contributed by atoms with van der Waals surface area (Å²) in [6.45, 7) is -0.233. The van der Waals surface area contributed by atoms with Crippen LogP contribution in [-0.4, -0.2) is 46.0 Å². The highest BCUT2D eigenvalue weighted by molar-refractivity contribution is 7.90. The lowest BCUT2D eigenvalue weighted by molar-refractivity contribution is -0.122. The van der Waals surface area contributed by atoms with Crippen molar-refractivity contribution in [2.75, 3.05) is 20.8 Å². The molecule has 0 radical (unpaired) electrons. The summed E-state index contributed by atoms with van der Waals surface area (Å²) in [5, 5.41) is 3.50. The highest BCUT2D eigenvalue weighted by Crippen LogP contribution is 2.28. The minimum atomic E-state index is -4.14. The predicted octanol–water partition coefficient (Wildman–Crippen LogP) is 1.49. The van der Waals surface area contributed by atoms with Crippen molar-refractivity contribution in [1.29, 1.82) is 0 Å². The lowest BCUT2D eigenvalue weighted by Gasteiger charge is -2.13. The number of fused-ring (bicyclic) bond motifs is 1. The molecule has 0 spiro atoms. The first-order chi connectivity index (χ1) is 14.4. The van der Waals surface area contributed by atoms with Gasteiger partial charge in [-0.3, -0.25) is 14.6 Å². The Morgan fingerprint density at radius 1 is 1.10 bits per heavy atom. The zero-order chi connectivity index (χ0) is 21.7. The third kappa shape index (κ3) is 4.49. The van der Waals surface area contributed by atoms with Crippen molar-refractivity contribution < 1.29 is 27.5 Å². The van der Waals surface area contributed by atoms with E-state index < -0.39 is 15.9 Å². The number of rotatable bonds is 7. The Kier molecular flexibility index (Phi) is 6.17. The van der Waals surface area contributed by atoms with Gasteiger partial charge in [0.05, 0.1) is 12.0 Å². The Bertz CT molecular complexity index is 1200. The van der Waals surface area contributed by atoms with Crippen LogP contribution in [0.1, 0.15) is 10.4 Å². The number of nitrogens with zero attached hydrogens (tertiary/aromatic N) is 1. The van der Waals surface area contributed by atoms with E-state index in [1.165, 1.54) is 44.6 Å². The fourth-order valence-corrected chi connectivity index (χ4v) is 3.91. The molecule has 156 valence electrons. The maximum absolute atomic E-state index is 12.8. The number of nitrogens with one attached hydrogen (secondary N) is 2. The van der Waals surface area contributed by atoms with E-state index in [-0.39, 0.29) is 34.5 Å². The molecule has 0 bridgehead atoms. The van der Waals surface area contributed by atoms with E-state index in [1.807, 2.05) is 0 Å². The number of aromatic nitrogens is 1. The summed E-state index contributed by atoms with van der Waals surface area (Å²) in [5.41, 5.74) is 0.0459. The second kappa shape index (κ2) is 8.78. The van der Waals surface area contributed by atoms with E-state index in [4.69, 9.17) is 9.47 Å². The van der Waals surface area contributed by atoms with E-state index in [9.17, 15) is 18.0 Å². The number of likely N-dealkylation sites (N-methyl/N-ethyl adjacent to an activating group) is 1. The largest absolute Gasteiger partial charge is 0.493 e. The molecule has 0 aliphatic heterocycles. The summed E-state index contributed by atoms with van der Waals surface area (Å²) < 4.78 is 38.2. The average Bonchev–Trinajstić information content (AvgIpc) is 2.76. The van der Waals surface area contributed by atoms with Gasteiger partial charge in [0, 0.05) is 35.8 Å². The summed E-state index contributed by atoms with van der Waals surface area (Å²) in [6.07, 6.45) is 3.02. The monoisotopic (exact) mass is 429 g/mol. The fraction of sp³-hybridized carbons (Fsp3) is 0.150. The molecule has 30 heavy (non-hydrogen) atoms. The van der Waals surface area contributed by atoms with Gasteiger partial charge in [-0.05, 0) is 30.3 Å². The second-order valence-corrected chi connectivity index (χ2v) is 7.77. The molecule has 0 aliphatic carbocycles. The minimum Gasteiger partial charge on any atom is -0.493 e. The molecule has 0 unspecified atom stereocenters.